The van der Waals surface area contributed by atoms with Crippen LogP contribution >= 0.6 is 0 Å². The Morgan fingerprint density at radius 2 is 1.80 bits per heavy atom. The van der Waals surface area contributed by atoms with Crippen molar-refractivity contribution in [3.8, 4) is 0 Å². The van der Waals surface area contributed by atoms with E-state index >= 15 is 0 Å². The normalized spacial score (nSPS) is 17.1. The minimum atomic E-state index is 0.819. The minimum absolute atomic E-state index is 0.819. The molecule has 0 aromatic carbocycles. The van der Waals surface area contributed by atoms with Gasteiger partial charge in [0.05, 0.1) is 0 Å². The summed E-state index contributed by atoms with van der Waals surface area (Å²) in [5, 5.41) is 0. The minimum Gasteiger partial charge on any atom is -0.330 e. The van der Waals surface area contributed by atoms with Crippen molar-refractivity contribution >= 4 is 0 Å². The number of nitrogens with two attached hydrogens (primary N) is 1. The third-order valence-electron chi connectivity index (χ3n) is 2.09. The molecule has 0 aromatic heterocycles. The fourth-order valence-corrected chi connectivity index (χ4v) is 0.901. The van der Waals surface area contributed by atoms with Crippen molar-refractivity contribution in [3.05, 3.63) is 0 Å². The molecule has 0 heterocycles. The summed E-state index contributed by atoms with van der Waals surface area (Å²) in [6, 6.07) is 0. The molecular weight excluding hydrogens is 122 g/mol. The average Bonchev–Trinajstić information content (AvgIpc) is 1.87. The summed E-state index contributed by atoms with van der Waals surface area (Å²) in [6.45, 7) is 5.16. The summed E-state index contributed by atoms with van der Waals surface area (Å²) in [4.78, 5) is 0. The zero-order valence-corrected chi connectivity index (χ0v) is 7.40. The first-order chi connectivity index (χ1) is 4.85. The van der Waals surface area contributed by atoms with E-state index in [4.69, 9.17) is 5.73 Å². The molecule has 0 amide bonds. The van der Waals surface area contributed by atoms with Crippen LogP contribution in [0.3, 0.4) is 0 Å². The molecule has 1 heteroatoms. The summed E-state index contributed by atoms with van der Waals surface area (Å²) in [5.74, 6) is 1.12. The Balaban J connectivity index is 0.000000180. The smallest absolute Gasteiger partial charge is 0.00799 e. The van der Waals surface area contributed by atoms with Gasteiger partial charge in [-0.05, 0) is 18.9 Å². The predicted molar refractivity (Wildman–Crippen MR) is 47.0 cm³/mol. The molecule has 0 bridgehead atoms. The fourth-order valence-electron chi connectivity index (χ4n) is 0.901. The van der Waals surface area contributed by atoms with Gasteiger partial charge in [0.25, 0.3) is 0 Å². The first kappa shape index (κ1) is 9.96. The lowest BCUT2D eigenvalue weighted by atomic mass is 9.84. The van der Waals surface area contributed by atoms with Gasteiger partial charge in [0.1, 0.15) is 0 Å². The lowest BCUT2D eigenvalue weighted by molar-refractivity contribution is 0.307. The molecule has 0 radical (unpaired) electrons. The molecule has 0 unspecified atom stereocenters. The zero-order chi connectivity index (χ0) is 7.82. The van der Waals surface area contributed by atoms with E-state index in [0.717, 1.165) is 18.9 Å². The second-order valence-corrected chi connectivity index (χ2v) is 2.99. The Bertz CT molecular complexity index is 53.0. The molecule has 1 fully saturated rings. The summed E-state index contributed by atoms with van der Waals surface area (Å²) in [6.07, 6.45) is 7.03. The molecule has 1 rings (SSSR count). The van der Waals surface area contributed by atoms with Crippen molar-refractivity contribution < 1.29 is 0 Å². The largest absolute Gasteiger partial charge is 0.330 e. The van der Waals surface area contributed by atoms with Gasteiger partial charge in [-0.1, -0.05) is 39.5 Å². The predicted octanol–water partition coefficient (Wildman–Crippen LogP) is 2.55. The van der Waals surface area contributed by atoms with Crippen LogP contribution in [0.2, 0.25) is 0 Å². The van der Waals surface area contributed by atoms with Gasteiger partial charge >= 0.3 is 0 Å². The van der Waals surface area contributed by atoms with E-state index in [9.17, 15) is 0 Å². The van der Waals surface area contributed by atoms with Crippen molar-refractivity contribution in [3.63, 3.8) is 0 Å². The molecule has 62 valence electrons. The van der Waals surface area contributed by atoms with Crippen LogP contribution in [0.15, 0.2) is 0 Å². The Labute approximate surface area is 65.0 Å². The molecule has 0 saturated heterocycles. The van der Waals surface area contributed by atoms with Crippen molar-refractivity contribution in [2.24, 2.45) is 11.7 Å². The Morgan fingerprint density at radius 1 is 1.30 bits per heavy atom. The summed E-state index contributed by atoms with van der Waals surface area (Å²) in [7, 11) is 0. The van der Waals surface area contributed by atoms with Gasteiger partial charge in [-0.3, -0.25) is 0 Å². The topological polar surface area (TPSA) is 26.0 Å². The number of rotatable bonds is 2. The quantitative estimate of drug-likeness (QED) is 0.631. The van der Waals surface area contributed by atoms with E-state index in [1.807, 2.05) is 0 Å². The molecule has 1 aliphatic carbocycles. The highest BCUT2D eigenvalue weighted by molar-refractivity contribution is 4.66. The van der Waals surface area contributed by atoms with Gasteiger partial charge in [0, 0.05) is 0 Å². The number of hydrogen-bond donors (Lipinski definition) is 1. The van der Waals surface area contributed by atoms with E-state index in [-0.39, 0.29) is 0 Å². The van der Waals surface area contributed by atoms with Gasteiger partial charge in [-0.2, -0.15) is 0 Å². The van der Waals surface area contributed by atoms with E-state index < -0.39 is 0 Å². The Hall–Kier alpha value is -0.0400. The van der Waals surface area contributed by atoms with E-state index in [2.05, 4.69) is 13.8 Å². The van der Waals surface area contributed by atoms with Crippen LogP contribution in [-0.4, -0.2) is 6.54 Å². The lowest BCUT2D eigenvalue weighted by Gasteiger charge is -2.22. The highest BCUT2D eigenvalue weighted by atomic mass is 14.5. The average molecular weight is 143 g/mol. The summed E-state index contributed by atoms with van der Waals surface area (Å²) in [5.41, 5.74) is 5.03. The van der Waals surface area contributed by atoms with Crippen molar-refractivity contribution in [2.45, 2.75) is 46.0 Å². The molecule has 0 aromatic rings. The van der Waals surface area contributed by atoms with Crippen molar-refractivity contribution in [1.29, 1.82) is 0 Å². The standard InChI is InChI=1S/C6H12.C3H9N/c1-2-6-4-3-5-6;1-2-3-4/h6H,2-5H2,1H3;2-4H2,1H3. The van der Waals surface area contributed by atoms with Crippen molar-refractivity contribution in [2.75, 3.05) is 6.54 Å². The Morgan fingerprint density at radius 3 is 1.80 bits per heavy atom. The van der Waals surface area contributed by atoms with Gasteiger partial charge < -0.3 is 5.73 Å². The Kier molecular flexibility index (Phi) is 7.04. The molecule has 0 atom stereocenters. The summed E-state index contributed by atoms with van der Waals surface area (Å²) < 4.78 is 0. The molecule has 1 saturated carbocycles. The van der Waals surface area contributed by atoms with Crippen LogP contribution in [0.25, 0.3) is 0 Å². The summed E-state index contributed by atoms with van der Waals surface area (Å²) >= 11 is 0. The van der Waals surface area contributed by atoms with Crippen LogP contribution in [0.1, 0.15) is 46.0 Å². The first-order valence-corrected chi connectivity index (χ1v) is 4.55. The molecule has 1 aliphatic rings. The molecule has 1 nitrogen and oxygen atoms in total. The monoisotopic (exact) mass is 143 g/mol. The van der Waals surface area contributed by atoms with Crippen molar-refractivity contribution in [1.82, 2.24) is 0 Å². The second-order valence-electron chi connectivity index (χ2n) is 2.99. The molecule has 2 N–H and O–H groups in total. The third-order valence-corrected chi connectivity index (χ3v) is 2.09. The van der Waals surface area contributed by atoms with Gasteiger partial charge in [-0.25, -0.2) is 0 Å². The molecule has 0 aliphatic heterocycles. The molecule has 10 heavy (non-hydrogen) atoms. The SMILES string of the molecule is CCC1CCC1.CCCN. The third kappa shape index (κ3) is 4.80. The van der Waals surface area contributed by atoms with Crippen LogP contribution < -0.4 is 5.73 Å². The first-order valence-electron chi connectivity index (χ1n) is 4.55. The van der Waals surface area contributed by atoms with Crippen LogP contribution in [0.4, 0.5) is 0 Å². The highest BCUT2D eigenvalue weighted by Crippen LogP contribution is 2.28. The molecular formula is C9H21N. The van der Waals surface area contributed by atoms with E-state index in [1.54, 1.807) is 0 Å². The number of hydrogen-bond acceptors (Lipinski definition) is 1. The maximum Gasteiger partial charge on any atom is -0.00799 e. The van der Waals surface area contributed by atoms with Crippen LogP contribution in [0.5, 0.6) is 0 Å². The lowest BCUT2D eigenvalue weighted by Crippen LogP contribution is -2.08. The fraction of sp³-hybridized carbons (Fsp3) is 1.00. The van der Waals surface area contributed by atoms with E-state index in [0.29, 0.717) is 0 Å². The molecule has 0 spiro atoms. The van der Waals surface area contributed by atoms with Gasteiger partial charge in [-0.15, -0.1) is 0 Å². The van der Waals surface area contributed by atoms with Gasteiger partial charge in [0.2, 0.25) is 0 Å². The second kappa shape index (κ2) is 7.07. The zero-order valence-electron chi connectivity index (χ0n) is 7.40. The maximum atomic E-state index is 5.03. The van der Waals surface area contributed by atoms with Crippen LogP contribution in [0, 0.1) is 5.92 Å². The van der Waals surface area contributed by atoms with E-state index in [1.165, 1.54) is 25.7 Å². The van der Waals surface area contributed by atoms with Crippen LogP contribution in [-0.2, 0) is 0 Å². The maximum absolute atomic E-state index is 5.03. The highest BCUT2D eigenvalue weighted by Gasteiger charge is 2.13. The van der Waals surface area contributed by atoms with Gasteiger partial charge in [0.15, 0.2) is 0 Å².